The van der Waals surface area contributed by atoms with E-state index in [-0.39, 0.29) is 13.2 Å². The number of hydrogen-bond donors (Lipinski definition) is 3. The van der Waals surface area contributed by atoms with E-state index < -0.39 is 7.82 Å². The van der Waals surface area contributed by atoms with Gasteiger partial charge in [0.1, 0.15) is 0 Å². The molecule has 3 N–H and O–H groups in total. The minimum atomic E-state index is -3.75. The fourth-order valence-corrected chi connectivity index (χ4v) is 1.48. The number of phosphoric ester groups is 1. The zero-order chi connectivity index (χ0) is 12.9. The first-order valence-electron chi connectivity index (χ1n) is 5.46. The molecule has 0 saturated carbocycles. The molecule has 100 valence electrons. The fraction of sp³-hybridized carbons (Fsp3) is 1.00. The molecule has 16 heavy (non-hydrogen) atoms. The van der Waals surface area contributed by atoms with E-state index in [9.17, 15) is 4.57 Å². The minimum Gasteiger partial charge on any atom is -0.317 e. The van der Waals surface area contributed by atoms with Crippen LogP contribution in [0.4, 0.5) is 0 Å². The monoisotopic (exact) mass is 257 g/mol. The Morgan fingerprint density at radius 3 is 1.69 bits per heavy atom. The summed E-state index contributed by atoms with van der Waals surface area (Å²) < 4.78 is 20.5. The quantitative estimate of drug-likeness (QED) is 0.351. The molecule has 0 spiro atoms. The molecule has 0 aromatic rings. The van der Waals surface area contributed by atoms with Gasteiger partial charge in [-0.3, -0.25) is 9.05 Å². The van der Waals surface area contributed by atoms with Crippen molar-refractivity contribution in [1.82, 2.24) is 5.48 Å². The molecule has 0 aliphatic rings. The van der Waals surface area contributed by atoms with E-state index in [0.29, 0.717) is 0 Å². The van der Waals surface area contributed by atoms with Crippen molar-refractivity contribution in [1.29, 1.82) is 0 Å². The average molecular weight is 257 g/mol. The van der Waals surface area contributed by atoms with Gasteiger partial charge in [-0.15, -0.1) is 0 Å². The summed E-state index contributed by atoms with van der Waals surface area (Å²) in [4.78, 5) is 9.08. The maximum atomic E-state index is 11.1. The first kappa shape index (κ1) is 18.4. The van der Waals surface area contributed by atoms with E-state index in [0.717, 1.165) is 25.7 Å². The summed E-state index contributed by atoms with van der Waals surface area (Å²) in [6.45, 7) is 4.56. The van der Waals surface area contributed by atoms with E-state index in [1.165, 1.54) is 7.05 Å². The van der Waals surface area contributed by atoms with E-state index in [4.69, 9.17) is 19.1 Å². The fourth-order valence-electron chi connectivity index (χ4n) is 0.686. The molecular weight excluding hydrogens is 233 g/mol. The molecule has 0 aliphatic heterocycles. The van der Waals surface area contributed by atoms with Gasteiger partial charge in [0.25, 0.3) is 0 Å². The zero-order valence-corrected chi connectivity index (χ0v) is 11.2. The van der Waals surface area contributed by atoms with Crippen LogP contribution < -0.4 is 5.48 Å². The summed E-state index contributed by atoms with van der Waals surface area (Å²) in [6.07, 6.45) is 3.44. The molecule has 0 unspecified atom stereocenters. The summed E-state index contributed by atoms with van der Waals surface area (Å²) in [5.41, 5.74) is 1.75. The van der Waals surface area contributed by atoms with E-state index in [2.05, 4.69) is 0 Å². The number of hydrogen-bond acceptors (Lipinski definition) is 5. The summed E-state index contributed by atoms with van der Waals surface area (Å²) in [5, 5.41) is 7.32. The second-order valence-corrected chi connectivity index (χ2v) is 4.52. The molecule has 0 bridgehead atoms. The van der Waals surface area contributed by atoms with Gasteiger partial charge in [0, 0.05) is 7.05 Å². The lowest BCUT2D eigenvalue weighted by Crippen LogP contribution is -1.98. The molecule has 0 radical (unpaired) electrons. The van der Waals surface area contributed by atoms with Crippen LogP contribution in [-0.2, 0) is 13.6 Å². The van der Waals surface area contributed by atoms with Crippen LogP contribution in [0.25, 0.3) is 0 Å². The Morgan fingerprint density at radius 2 is 1.44 bits per heavy atom. The predicted octanol–water partition coefficient (Wildman–Crippen LogP) is 2.32. The van der Waals surface area contributed by atoms with Gasteiger partial charge < -0.3 is 10.1 Å². The van der Waals surface area contributed by atoms with Gasteiger partial charge in [-0.2, -0.15) is 0 Å². The third-order valence-electron chi connectivity index (χ3n) is 1.50. The highest BCUT2D eigenvalue weighted by Crippen LogP contribution is 2.43. The third-order valence-corrected chi connectivity index (χ3v) is 2.52. The van der Waals surface area contributed by atoms with Crippen LogP contribution in [-0.4, -0.2) is 30.4 Å². The van der Waals surface area contributed by atoms with Crippen LogP contribution >= 0.6 is 7.82 Å². The summed E-state index contributed by atoms with van der Waals surface area (Å²) in [6, 6.07) is 0. The van der Waals surface area contributed by atoms with Crippen molar-refractivity contribution in [3.63, 3.8) is 0 Å². The molecule has 6 nitrogen and oxygen atoms in total. The van der Waals surface area contributed by atoms with Gasteiger partial charge in [0.05, 0.1) is 13.2 Å². The molecule has 0 aromatic heterocycles. The number of rotatable bonds is 8. The normalized spacial score (nSPS) is 10.8. The Bertz CT molecular complexity index is 165. The Hall–Kier alpha value is 0.0300. The topological polar surface area (TPSA) is 88.0 Å². The average Bonchev–Trinajstić information content (AvgIpc) is 2.19. The van der Waals surface area contributed by atoms with Crippen LogP contribution in [0.1, 0.15) is 39.5 Å². The Balaban J connectivity index is 0. The van der Waals surface area contributed by atoms with E-state index in [1.54, 1.807) is 5.48 Å². The highest BCUT2D eigenvalue weighted by atomic mass is 31.2. The smallest absolute Gasteiger partial charge is 0.317 e. The molecule has 0 rings (SSSR count). The predicted molar refractivity (Wildman–Crippen MR) is 62.4 cm³/mol. The Kier molecular flexibility index (Phi) is 15.1. The SMILES string of the molecule is CCCCOP(=O)(O)OCCCC.CNO. The van der Waals surface area contributed by atoms with Gasteiger partial charge in [0.2, 0.25) is 0 Å². The lowest BCUT2D eigenvalue weighted by molar-refractivity contribution is 0.146. The lowest BCUT2D eigenvalue weighted by Gasteiger charge is -2.10. The van der Waals surface area contributed by atoms with E-state index >= 15 is 0 Å². The van der Waals surface area contributed by atoms with Crippen molar-refractivity contribution in [3.05, 3.63) is 0 Å². The minimum absolute atomic E-state index is 0.288. The first-order valence-corrected chi connectivity index (χ1v) is 6.96. The number of nitrogens with one attached hydrogen (secondary N) is 1. The van der Waals surface area contributed by atoms with Crippen molar-refractivity contribution >= 4 is 7.82 Å². The third kappa shape index (κ3) is 16.5. The largest absolute Gasteiger partial charge is 0.472 e. The molecular formula is C9H24NO5P. The molecule has 0 atom stereocenters. The second-order valence-electron chi connectivity index (χ2n) is 3.07. The number of unbranched alkanes of at least 4 members (excludes halogenated alkanes) is 2. The van der Waals surface area contributed by atoms with Gasteiger partial charge in [0.15, 0.2) is 0 Å². The van der Waals surface area contributed by atoms with Crippen LogP contribution in [0.15, 0.2) is 0 Å². The molecule has 0 heterocycles. The summed E-state index contributed by atoms with van der Waals surface area (Å²) in [5.74, 6) is 0. The molecule has 7 heteroatoms. The van der Waals surface area contributed by atoms with Gasteiger partial charge >= 0.3 is 7.82 Å². The van der Waals surface area contributed by atoms with Gasteiger partial charge in [-0.1, -0.05) is 26.7 Å². The molecule has 0 saturated heterocycles. The second kappa shape index (κ2) is 13.1. The number of phosphoric acid groups is 1. The Morgan fingerprint density at radius 1 is 1.12 bits per heavy atom. The van der Waals surface area contributed by atoms with E-state index in [1.807, 2.05) is 13.8 Å². The first-order chi connectivity index (χ1) is 7.54. The van der Waals surface area contributed by atoms with Crippen LogP contribution in [0, 0.1) is 0 Å². The molecule has 0 aliphatic carbocycles. The van der Waals surface area contributed by atoms with Gasteiger partial charge in [-0.25, -0.2) is 10.0 Å². The maximum Gasteiger partial charge on any atom is 0.472 e. The molecule has 0 fully saturated rings. The highest BCUT2D eigenvalue weighted by molar-refractivity contribution is 7.47. The van der Waals surface area contributed by atoms with Crippen LogP contribution in [0.5, 0.6) is 0 Å². The van der Waals surface area contributed by atoms with Crippen molar-refractivity contribution < 1.29 is 23.7 Å². The van der Waals surface area contributed by atoms with Crippen molar-refractivity contribution in [3.8, 4) is 0 Å². The summed E-state index contributed by atoms with van der Waals surface area (Å²) >= 11 is 0. The maximum absolute atomic E-state index is 11.1. The van der Waals surface area contributed by atoms with Crippen molar-refractivity contribution in [2.45, 2.75) is 39.5 Å². The standard InChI is InChI=1S/C8H19O4P.CH5NO/c1-3-5-7-11-13(9,10)12-8-6-4-2;1-2-3/h3-8H2,1-2H3,(H,9,10);2-3H,1H3. The molecule has 0 amide bonds. The Labute approximate surface area is 97.5 Å². The van der Waals surface area contributed by atoms with Crippen LogP contribution in [0.2, 0.25) is 0 Å². The lowest BCUT2D eigenvalue weighted by atomic mass is 10.4. The van der Waals surface area contributed by atoms with Crippen molar-refractivity contribution in [2.75, 3.05) is 20.3 Å². The van der Waals surface area contributed by atoms with Crippen LogP contribution in [0.3, 0.4) is 0 Å². The number of hydroxylamine groups is 1. The highest BCUT2D eigenvalue weighted by Gasteiger charge is 2.19. The summed E-state index contributed by atoms with van der Waals surface area (Å²) in [7, 11) is -2.32. The van der Waals surface area contributed by atoms with Crippen molar-refractivity contribution in [2.24, 2.45) is 0 Å². The molecule has 0 aromatic carbocycles. The van der Waals surface area contributed by atoms with Gasteiger partial charge in [-0.05, 0) is 12.8 Å². The zero-order valence-electron chi connectivity index (χ0n) is 10.3.